The molecule has 0 N–H and O–H groups in total. The lowest BCUT2D eigenvalue weighted by molar-refractivity contribution is -0.0400. The van der Waals surface area contributed by atoms with Crippen LogP contribution < -0.4 is 4.74 Å². The topological polar surface area (TPSA) is 63.3 Å². The molecule has 0 spiro atoms. The zero-order valence-electron chi connectivity index (χ0n) is 13.0. The van der Waals surface area contributed by atoms with Crippen molar-refractivity contribution in [2.24, 2.45) is 0 Å². The normalized spacial score (nSPS) is 18.5. The first-order chi connectivity index (χ1) is 11.3. The summed E-state index contributed by atoms with van der Waals surface area (Å²) in [4.78, 5) is 2.33. The lowest BCUT2D eigenvalue weighted by Gasteiger charge is -2.32. The average molecular weight is 312 g/mol. The van der Waals surface area contributed by atoms with Crippen molar-refractivity contribution in [1.82, 2.24) is 14.7 Å². The number of hydrogen-bond acceptors (Lipinski definition) is 5. The molecule has 0 radical (unpaired) electrons. The molecule has 1 aromatic heterocycles. The smallest absolute Gasteiger partial charge is 0.137 e. The minimum absolute atomic E-state index is 0.148. The first-order valence-corrected chi connectivity index (χ1v) is 7.78. The van der Waals surface area contributed by atoms with Gasteiger partial charge in [0.05, 0.1) is 24.8 Å². The third kappa shape index (κ3) is 4.31. The van der Waals surface area contributed by atoms with E-state index in [1.54, 1.807) is 12.3 Å². The summed E-state index contributed by atoms with van der Waals surface area (Å²) in [7, 11) is 0. The van der Waals surface area contributed by atoms with Gasteiger partial charge in [0, 0.05) is 32.0 Å². The zero-order chi connectivity index (χ0) is 15.9. The van der Waals surface area contributed by atoms with E-state index in [9.17, 15) is 0 Å². The Labute approximate surface area is 135 Å². The van der Waals surface area contributed by atoms with Crippen LogP contribution in [0.2, 0.25) is 0 Å². The number of nitrogens with zero attached hydrogens (tertiary/aromatic N) is 4. The molecule has 0 amide bonds. The van der Waals surface area contributed by atoms with Gasteiger partial charge in [-0.05, 0) is 18.2 Å². The molecular weight excluding hydrogens is 292 g/mol. The highest BCUT2D eigenvalue weighted by molar-refractivity contribution is 5.42. The number of benzene rings is 1. The Morgan fingerprint density at radius 3 is 3.09 bits per heavy atom. The van der Waals surface area contributed by atoms with Gasteiger partial charge in [-0.25, -0.2) is 0 Å². The van der Waals surface area contributed by atoms with Crippen molar-refractivity contribution in [2.75, 3.05) is 32.8 Å². The number of rotatable bonds is 6. The SMILES string of the molecule is N#Cc1ccccc1OCCN1CCO[C@H](Cn2cccn2)C1. The Morgan fingerprint density at radius 2 is 2.26 bits per heavy atom. The monoisotopic (exact) mass is 312 g/mol. The maximum atomic E-state index is 9.06. The Kier molecular flexibility index (Phi) is 5.25. The second-order valence-corrected chi connectivity index (χ2v) is 5.48. The van der Waals surface area contributed by atoms with Crippen molar-refractivity contribution < 1.29 is 9.47 Å². The number of para-hydroxylation sites is 1. The molecule has 0 saturated carbocycles. The zero-order valence-corrected chi connectivity index (χ0v) is 13.0. The van der Waals surface area contributed by atoms with Gasteiger partial charge in [0.1, 0.15) is 18.4 Å². The molecule has 0 unspecified atom stereocenters. The molecule has 0 bridgehead atoms. The lowest BCUT2D eigenvalue weighted by Crippen LogP contribution is -2.45. The summed E-state index contributed by atoms with van der Waals surface area (Å²) in [5, 5.41) is 13.3. The van der Waals surface area contributed by atoms with Gasteiger partial charge >= 0.3 is 0 Å². The minimum Gasteiger partial charge on any atom is -0.491 e. The number of morpholine rings is 1. The van der Waals surface area contributed by atoms with Gasteiger partial charge in [-0.15, -0.1) is 0 Å². The van der Waals surface area contributed by atoms with E-state index in [1.807, 2.05) is 35.1 Å². The van der Waals surface area contributed by atoms with Gasteiger partial charge in [0.2, 0.25) is 0 Å². The molecule has 6 heteroatoms. The molecule has 1 aliphatic heterocycles. The van der Waals surface area contributed by atoms with Crippen LogP contribution in [0.1, 0.15) is 5.56 Å². The van der Waals surface area contributed by atoms with Crippen LogP contribution in [0.5, 0.6) is 5.75 Å². The Bertz CT molecular complexity index is 651. The van der Waals surface area contributed by atoms with Crippen LogP contribution in [0.25, 0.3) is 0 Å². The summed E-state index contributed by atoms with van der Waals surface area (Å²) >= 11 is 0. The molecule has 1 fully saturated rings. The minimum atomic E-state index is 0.148. The van der Waals surface area contributed by atoms with Gasteiger partial charge in [0.25, 0.3) is 0 Å². The largest absolute Gasteiger partial charge is 0.491 e. The molecule has 1 aromatic carbocycles. The second kappa shape index (κ2) is 7.77. The van der Waals surface area contributed by atoms with E-state index < -0.39 is 0 Å². The molecule has 3 rings (SSSR count). The molecular formula is C17H20N4O2. The highest BCUT2D eigenvalue weighted by Gasteiger charge is 2.20. The number of hydrogen-bond donors (Lipinski definition) is 0. The van der Waals surface area contributed by atoms with Crippen molar-refractivity contribution in [2.45, 2.75) is 12.6 Å². The predicted molar refractivity (Wildman–Crippen MR) is 85.1 cm³/mol. The predicted octanol–water partition coefficient (Wildman–Crippen LogP) is 1.53. The third-order valence-electron chi connectivity index (χ3n) is 3.85. The van der Waals surface area contributed by atoms with E-state index in [1.165, 1.54) is 0 Å². The van der Waals surface area contributed by atoms with Crippen molar-refractivity contribution in [3.05, 3.63) is 48.3 Å². The van der Waals surface area contributed by atoms with Crippen molar-refractivity contribution in [1.29, 1.82) is 5.26 Å². The molecule has 6 nitrogen and oxygen atoms in total. The second-order valence-electron chi connectivity index (χ2n) is 5.48. The summed E-state index contributed by atoms with van der Waals surface area (Å²) in [5.74, 6) is 0.649. The highest BCUT2D eigenvalue weighted by atomic mass is 16.5. The molecule has 120 valence electrons. The molecule has 0 aliphatic carbocycles. The van der Waals surface area contributed by atoms with Crippen LogP contribution in [-0.4, -0.2) is 53.6 Å². The van der Waals surface area contributed by atoms with Crippen molar-refractivity contribution in [3.8, 4) is 11.8 Å². The highest BCUT2D eigenvalue weighted by Crippen LogP contribution is 2.16. The van der Waals surface area contributed by atoms with Gasteiger partial charge in [0.15, 0.2) is 0 Å². The molecule has 1 atom stereocenters. The van der Waals surface area contributed by atoms with Crippen LogP contribution in [-0.2, 0) is 11.3 Å². The van der Waals surface area contributed by atoms with E-state index in [2.05, 4.69) is 16.1 Å². The molecule has 2 heterocycles. The van der Waals surface area contributed by atoms with E-state index in [-0.39, 0.29) is 6.10 Å². The fourth-order valence-corrected chi connectivity index (χ4v) is 2.68. The summed E-state index contributed by atoms with van der Waals surface area (Å²) in [6.45, 7) is 4.64. The van der Waals surface area contributed by atoms with Crippen molar-refractivity contribution in [3.63, 3.8) is 0 Å². The maximum Gasteiger partial charge on any atom is 0.137 e. The third-order valence-corrected chi connectivity index (χ3v) is 3.85. The Morgan fingerprint density at radius 1 is 1.35 bits per heavy atom. The standard InChI is InChI=1S/C17H20N4O2/c18-12-15-4-1-2-5-17(15)23-11-9-20-8-10-22-16(13-20)14-21-7-3-6-19-21/h1-7,16H,8-11,13-14H2/t16-/m0/s1. The first kappa shape index (κ1) is 15.5. The fraction of sp³-hybridized carbons (Fsp3) is 0.412. The van der Waals surface area contributed by atoms with E-state index in [0.29, 0.717) is 17.9 Å². The summed E-state index contributed by atoms with van der Waals surface area (Å²) < 4.78 is 13.4. The first-order valence-electron chi connectivity index (χ1n) is 7.78. The van der Waals surface area contributed by atoms with Gasteiger partial charge in [-0.2, -0.15) is 10.4 Å². The molecule has 1 aliphatic rings. The Hall–Kier alpha value is -2.36. The Balaban J connectivity index is 1.46. The van der Waals surface area contributed by atoms with E-state index in [0.717, 1.165) is 32.8 Å². The summed E-state index contributed by atoms with van der Waals surface area (Å²) in [5.41, 5.74) is 0.575. The van der Waals surface area contributed by atoms with Crippen LogP contribution >= 0.6 is 0 Å². The lowest BCUT2D eigenvalue weighted by atomic mass is 10.2. The van der Waals surface area contributed by atoms with Crippen molar-refractivity contribution >= 4 is 0 Å². The summed E-state index contributed by atoms with van der Waals surface area (Å²) in [6.07, 6.45) is 3.88. The van der Waals surface area contributed by atoms with Crippen LogP contribution in [0, 0.1) is 11.3 Å². The van der Waals surface area contributed by atoms with Crippen LogP contribution in [0.4, 0.5) is 0 Å². The molecule has 1 saturated heterocycles. The molecule has 2 aromatic rings. The maximum absolute atomic E-state index is 9.06. The number of ether oxygens (including phenoxy) is 2. The number of nitriles is 1. The van der Waals surface area contributed by atoms with E-state index in [4.69, 9.17) is 14.7 Å². The van der Waals surface area contributed by atoms with Crippen LogP contribution in [0.3, 0.4) is 0 Å². The summed E-state index contributed by atoms with van der Waals surface area (Å²) in [6, 6.07) is 11.4. The van der Waals surface area contributed by atoms with Gasteiger partial charge < -0.3 is 9.47 Å². The van der Waals surface area contributed by atoms with E-state index >= 15 is 0 Å². The quantitative estimate of drug-likeness (QED) is 0.809. The van der Waals surface area contributed by atoms with Gasteiger partial charge in [-0.1, -0.05) is 12.1 Å². The molecule has 23 heavy (non-hydrogen) atoms. The number of aromatic nitrogens is 2. The van der Waals surface area contributed by atoms with Gasteiger partial charge in [-0.3, -0.25) is 9.58 Å². The fourth-order valence-electron chi connectivity index (χ4n) is 2.68. The average Bonchev–Trinajstić information content (AvgIpc) is 3.09. The van der Waals surface area contributed by atoms with Crippen LogP contribution in [0.15, 0.2) is 42.7 Å².